The van der Waals surface area contributed by atoms with Crippen molar-refractivity contribution in [2.45, 2.75) is 97.8 Å². The second-order valence-corrected chi connectivity index (χ2v) is 9.90. The summed E-state index contributed by atoms with van der Waals surface area (Å²) in [6, 6.07) is 15.1. The Bertz CT molecular complexity index is 843. The van der Waals surface area contributed by atoms with Crippen molar-refractivity contribution in [2.24, 2.45) is 11.8 Å². The van der Waals surface area contributed by atoms with Crippen LogP contribution in [-0.2, 0) is 6.42 Å². The highest BCUT2D eigenvalue weighted by Crippen LogP contribution is 2.41. The first-order valence-electron chi connectivity index (χ1n) is 12.7. The molecule has 1 aliphatic carbocycles. The van der Waals surface area contributed by atoms with Crippen molar-refractivity contribution >= 4 is 5.78 Å². The van der Waals surface area contributed by atoms with E-state index in [0.717, 1.165) is 29.4 Å². The molecule has 1 fully saturated rings. The number of carbonyl (C=O) groups excluding carboxylic acids is 1. The van der Waals surface area contributed by atoms with Crippen molar-refractivity contribution in [3.63, 3.8) is 0 Å². The highest BCUT2D eigenvalue weighted by Gasteiger charge is 2.26. The fourth-order valence-corrected chi connectivity index (χ4v) is 5.46. The summed E-state index contributed by atoms with van der Waals surface area (Å²) in [5.74, 6) is 2.53. The zero-order valence-corrected chi connectivity index (χ0v) is 20.4. The molecule has 1 saturated carbocycles. The van der Waals surface area contributed by atoms with E-state index >= 15 is 0 Å². The molecule has 0 saturated heterocycles. The predicted molar refractivity (Wildman–Crippen MR) is 133 cm³/mol. The number of benzene rings is 2. The molecule has 0 spiro atoms. The fourth-order valence-electron chi connectivity index (χ4n) is 5.46. The second-order valence-electron chi connectivity index (χ2n) is 9.90. The summed E-state index contributed by atoms with van der Waals surface area (Å²) < 4.78 is 0. The smallest absolute Gasteiger partial charge is 0.170 e. The Morgan fingerprint density at radius 1 is 1.00 bits per heavy atom. The first kappa shape index (κ1) is 23.8. The van der Waals surface area contributed by atoms with Crippen LogP contribution < -0.4 is 0 Å². The lowest BCUT2D eigenvalue weighted by molar-refractivity contribution is 0.0966. The number of rotatable bonds is 10. The van der Waals surface area contributed by atoms with Gasteiger partial charge in [-0.05, 0) is 79.0 Å². The zero-order chi connectivity index (χ0) is 22.4. The Hall–Kier alpha value is -1.89. The summed E-state index contributed by atoms with van der Waals surface area (Å²) in [6.45, 7) is 11.2. The van der Waals surface area contributed by atoms with Crippen LogP contribution in [-0.4, -0.2) is 5.78 Å². The molecule has 0 radical (unpaired) electrons. The average Bonchev–Trinajstić information content (AvgIpc) is 3.28. The molecule has 1 aliphatic rings. The van der Waals surface area contributed by atoms with Crippen LogP contribution in [0, 0.1) is 18.8 Å². The normalized spacial score (nSPS) is 19.7. The van der Waals surface area contributed by atoms with Gasteiger partial charge in [0.15, 0.2) is 5.78 Å². The highest BCUT2D eigenvalue weighted by molar-refractivity contribution is 6.00. The second kappa shape index (κ2) is 11.1. The Labute approximate surface area is 190 Å². The van der Waals surface area contributed by atoms with Crippen LogP contribution >= 0.6 is 0 Å². The minimum atomic E-state index is -0.102. The number of hydrogen-bond donors (Lipinski definition) is 0. The Morgan fingerprint density at radius 3 is 2.29 bits per heavy atom. The molecule has 0 heterocycles. The van der Waals surface area contributed by atoms with Gasteiger partial charge in [0.2, 0.25) is 0 Å². The number of aryl methyl sites for hydroxylation is 2. The third-order valence-electron chi connectivity index (χ3n) is 7.98. The SMILES string of the molecule is CCC(CC)CCc1ccc(C(=O)C(C)c2ccc(C3CCC(CC)C3)c(C)c2)cc1. The molecule has 2 aromatic rings. The van der Waals surface area contributed by atoms with Crippen LogP contribution in [0.2, 0.25) is 0 Å². The lowest BCUT2D eigenvalue weighted by Crippen LogP contribution is -2.10. The molecule has 0 aliphatic heterocycles. The summed E-state index contributed by atoms with van der Waals surface area (Å²) in [6.07, 6.45) is 10.2. The Kier molecular flexibility index (Phi) is 8.52. The van der Waals surface area contributed by atoms with Crippen LogP contribution in [0.5, 0.6) is 0 Å². The molecule has 168 valence electrons. The number of carbonyl (C=O) groups is 1. The van der Waals surface area contributed by atoms with Crippen molar-refractivity contribution in [2.75, 3.05) is 0 Å². The van der Waals surface area contributed by atoms with Gasteiger partial charge in [-0.15, -0.1) is 0 Å². The third kappa shape index (κ3) is 5.88. The zero-order valence-electron chi connectivity index (χ0n) is 20.4. The Morgan fingerprint density at radius 2 is 1.71 bits per heavy atom. The molecule has 0 bridgehead atoms. The summed E-state index contributed by atoms with van der Waals surface area (Å²) in [5.41, 5.74) is 6.19. The highest BCUT2D eigenvalue weighted by atomic mass is 16.1. The number of ketones is 1. The van der Waals surface area contributed by atoms with Crippen molar-refractivity contribution in [1.29, 1.82) is 0 Å². The summed E-state index contributed by atoms with van der Waals surface area (Å²) in [5, 5.41) is 0. The largest absolute Gasteiger partial charge is 0.294 e. The Balaban J connectivity index is 1.65. The van der Waals surface area contributed by atoms with E-state index in [1.54, 1.807) is 0 Å². The molecule has 31 heavy (non-hydrogen) atoms. The van der Waals surface area contributed by atoms with Crippen LogP contribution in [0.1, 0.15) is 117 Å². The molecule has 1 heteroatoms. The van der Waals surface area contributed by atoms with E-state index < -0.39 is 0 Å². The molecular weight excluding hydrogens is 376 g/mol. The molecule has 3 atom stereocenters. The third-order valence-corrected chi connectivity index (χ3v) is 7.98. The molecule has 0 aromatic heterocycles. The lowest BCUT2D eigenvalue weighted by Gasteiger charge is -2.18. The van der Waals surface area contributed by atoms with E-state index in [9.17, 15) is 4.79 Å². The first-order chi connectivity index (χ1) is 15.0. The van der Waals surface area contributed by atoms with Crippen molar-refractivity contribution in [1.82, 2.24) is 0 Å². The van der Waals surface area contributed by atoms with Gasteiger partial charge in [-0.3, -0.25) is 4.79 Å². The van der Waals surface area contributed by atoms with Gasteiger partial charge in [0.1, 0.15) is 0 Å². The minimum absolute atomic E-state index is 0.102. The molecule has 2 aromatic carbocycles. The van der Waals surface area contributed by atoms with Crippen LogP contribution in [0.4, 0.5) is 0 Å². The average molecular weight is 419 g/mol. The van der Waals surface area contributed by atoms with Gasteiger partial charge in [0.25, 0.3) is 0 Å². The van der Waals surface area contributed by atoms with Crippen LogP contribution in [0.25, 0.3) is 0 Å². The molecule has 0 amide bonds. The topological polar surface area (TPSA) is 17.1 Å². The standard InChI is InChI=1S/C30H42O/c1-6-23(7-2)9-10-25-12-14-26(15-13-25)30(31)22(5)27-17-18-29(21(4)19-27)28-16-11-24(8-3)20-28/h12-15,17-19,22-24,28H,6-11,16,20H2,1-5H3. The van der Waals surface area contributed by atoms with E-state index in [1.807, 2.05) is 12.1 Å². The van der Waals surface area contributed by atoms with E-state index in [2.05, 4.69) is 65.0 Å². The van der Waals surface area contributed by atoms with Crippen LogP contribution in [0.15, 0.2) is 42.5 Å². The monoisotopic (exact) mass is 418 g/mol. The maximum Gasteiger partial charge on any atom is 0.170 e. The molecule has 3 rings (SSSR count). The van der Waals surface area contributed by atoms with Crippen molar-refractivity contribution in [3.8, 4) is 0 Å². The molecule has 3 unspecified atom stereocenters. The quantitative estimate of drug-likeness (QED) is 0.353. The lowest BCUT2D eigenvalue weighted by atomic mass is 9.86. The summed E-state index contributed by atoms with van der Waals surface area (Å²) in [4.78, 5) is 13.1. The van der Waals surface area contributed by atoms with Gasteiger partial charge in [-0.25, -0.2) is 0 Å². The fraction of sp³-hybridized carbons (Fsp3) is 0.567. The molecule has 1 nitrogen and oxygen atoms in total. The van der Waals surface area contributed by atoms with Crippen molar-refractivity contribution in [3.05, 3.63) is 70.3 Å². The van der Waals surface area contributed by atoms with Crippen molar-refractivity contribution < 1.29 is 4.79 Å². The number of Topliss-reactive ketones (excluding diaryl/α,β-unsaturated/α-hetero) is 1. The van der Waals surface area contributed by atoms with Crippen LogP contribution in [0.3, 0.4) is 0 Å². The molecule has 0 N–H and O–H groups in total. The first-order valence-corrected chi connectivity index (χ1v) is 12.7. The minimum Gasteiger partial charge on any atom is -0.294 e. The molecular formula is C30H42O. The number of hydrogen-bond acceptors (Lipinski definition) is 1. The van der Waals surface area contributed by atoms with E-state index in [1.165, 1.54) is 61.6 Å². The summed E-state index contributed by atoms with van der Waals surface area (Å²) >= 11 is 0. The van der Waals surface area contributed by atoms with E-state index in [-0.39, 0.29) is 11.7 Å². The van der Waals surface area contributed by atoms with E-state index in [0.29, 0.717) is 5.92 Å². The van der Waals surface area contributed by atoms with E-state index in [4.69, 9.17) is 0 Å². The maximum atomic E-state index is 13.1. The van der Waals surface area contributed by atoms with Gasteiger partial charge in [0, 0.05) is 11.5 Å². The predicted octanol–water partition coefficient (Wildman–Crippen LogP) is 8.64. The maximum absolute atomic E-state index is 13.1. The van der Waals surface area contributed by atoms with Gasteiger partial charge < -0.3 is 0 Å². The van der Waals surface area contributed by atoms with Gasteiger partial charge in [-0.2, -0.15) is 0 Å². The van der Waals surface area contributed by atoms with Gasteiger partial charge in [-0.1, -0.05) is 89.4 Å². The van der Waals surface area contributed by atoms with Gasteiger partial charge >= 0.3 is 0 Å². The van der Waals surface area contributed by atoms with Gasteiger partial charge in [0.05, 0.1) is 0 Å². The summed E-state index contributed by atoms with van der Waals surface area (Å²) in [7, 11) is 0.